The van der Waals surface area contributed by atoms with Crippen molar-refractivity contribution in [1.82, 2.24) is 9.47 Å². The Morgan fingerprint density at radius 2 is 1.86 bits per heavy atom. The van der Waals surface area contributed by atoms with E-state index < -0.39 is 0 Å². The topological polar surface area (TPSA) is 34.5 Å². The molecule has 2 aromatic rings. The molecule has 0 radical (unpaired) electrons. The second-order valence-corrected chi connectivity index (χ2v) is 9.32. The number of ether oxygens (including phenoxy) is 1. The monoisotopic (exact) mass is 398 g/mol. The predicted molar refractivity (Wildman–Crippen MR) is 121 cm³/mol. The first-order valence-electron chi connectivity index (χ1n) is 11.4. The fourth-order valence-electron chi connectivity index (χ4n) is 4.54. The summed E-state index contributed by atoms with van der Waals surface area (Å²) in [4.78, 5) is 15.4. The van der Waals surface area contributed by atoms with Gasteiger partial charge in [-0.25, -0.2) is 0 Å². The number of nitrogens with zero attached hydrogens (tertiary/aromatic N) is 2. The third kappa shape index (κ3) is 4.79. The number of amides is 1. The van der Waals surface area contributed by atoms with Gasteiger partial charge in [-0.05, 0) is 55.2 Å². The first-order chi connectivity index (χ1) is 13.9. The van der Waals surface area contributed by atoms with E-state index in [1.54, 1.807) is 7.11 Å². The van der Waals surface area contributed by atoms with E-state index in [0.717, 1.165) is 62.9 Å². The molecule has 0 fully saturated rings. The number of fused-ring (bicyclic) bond motifs is 3. The normalized spacial score (nSPS) is 15.3. The van der Waals surface area contributed by atoms with Crippen LogP contribution in [0.1, 0.15) is 71.1 Å². The van der Waals surface area contributed by atoms with E-state index in [9.17, 15) is 4.79 Å². The summed E-state index contributed by atoms with van der Waals surface area (Å²) in [5.74, 6) is 1.10. The van der Waals surface area contributed by atoms with Crippen LogP contribution in [0.15, 0.2) is 18.2 Å². The van der Waals surface area contributed by atoms with Crippen LogP contribution in [0.25, 0.3) is 10.9 Å². The molecule has 3 rings (SSSR count). The molecule has 0 N–H and O–H groups in total. The Bertz CT molecular complexity index is 842. The highest BCUT2D eigenvalue weighted by Crippen LogP contribution is 2.40. The second-order valence-electron chi connectivity index (χ2n) is 9.32. The molecule has 1 aliphatic carbocycles. The van der Waals surface area contributed by atoms with Gasteiger partial charge in [0.25, 0.3) is 0 Å². The summed E-state index contributed by atoms with van der Waals surface area (Å²) in [5.41, 5.74) is 4.20. The van der Waals surface area contributed by atoms with E-state index in [1.165, 1.54) is 23.1 Å². The highest BCUT2D eigenvalue weighted by Gasteiger charge is 2.31. The Hall–Kier alpha value is -1.97. The highest BCUT2D eigenvalue weighted by atomic mass is 16.5. The van der Waals surface area contributed by atoms with Crippen LogP contribution in [0.5, 0.6) is 5.75 Å². The van der Waals surface area contributed by atoms with Crippen molar-refractivity contribution in [3.05, 3.63) is 29.5 Å². The molecule has 1 aromatic heterocycles. The Morgan fingerprint density at radius 3 is 2.48 bits per heavy atom. The van der Waals surface area contributed by atoms with E-state index in [1.807, 2.05) is 6.07 Å². The Labute approximate surface area is 176 Å². The molecule has 0 saturated heterocycles. The molecule has 0 bridgehead atoms. The van der Waals surface area contributed by atoms with Crippen molar-refractivity contribution in [3.8, 4) is 5.75 Å². The lowest BCUT2D eigenvalue weighted by atomic mass is 9.76. The van der Waals surface area contributed by atoms with Gasteiger partial charge in [0.05, 0.1) is 12.6 Å². The Balaban J connectivity index is 1.99. The summed E-state index contributed by atoms with van der Waals surface area (Å²) in [6.07, 6.45) is 7.67. The fourth-order valence-corrected chi connectivity index (χ4v) is 4.54. The average Bonchev–Trinajstić information content (AvgIpc) is 2.99. The van der Waals surface area contributed by atoms with Crippen molar-refractivity contribution in [1.29, 1.82) is 0 Å². The van der Waals surface area contributed by atoms with Crippen molar-refractivity contribution in [2.45, 2.75) is 79.2 Å². The van der Waals surface area contributed by atoms with E-state index in [-0.39, 0.29) is 11.3 Å². The summed E-state index contributed by atoms with van der Waals surface area (Å²) in [6, 6.07) is 6.33. The standard InChI is InChI=1S/C25H38N2O2/c1-6-8-14-26(15-9-7-2)24(28)18-27-22-16-19(29-5)10-11-20(22)21-12-13-25(3,4)17-23(21)27/h10-11,16H,6-9,12-15,17-18H2,1-5H3. The molecule has 160 valence electrons. The van der Waals surface area contributed by atoms with E-state index >= 15 is 0 Å². The molecular formula is C25H38N2O2. The van der Waals surface area contributed by atoms with Crippen LogP contribution in [-0.2, 0) is 24.2 Å². The predicted octanol–water partition coefficient (Wildman–Crippen LogP) is 5.59. The van der Waals surface area contributed by atoms with Crippen molar-refractivity contribution in [2.24, 2.45) is 5.41 Å². The van der Waals surface area contributed by atoms with E-state index in [2.05, 4.69) is 49.3 Å². The summed E-state index contributed by atoms with van der Waals surface area (Å²) in [7, 11) is 1.71. The zero-order valence-electron chi connectivity index (χ0n) is 19.0. The molecule has 4 heteroatoms. The summed E-state index contributed by atoms with van der Waals surface area (Å²) >= 11 is 0. The smallest absolute Gasteiger partial charge is 0.242 e. The third-order valence-corrected chi connectivity index (χ3v) is 6.40. The number of methoxy groups -OCH3 is 1. The number of benzene rings is 1. The number of carbonyl (C=O) groups excluding carboxylic acids is 1. The molecule has 1 aliphatic rings. The first kappa shape index (κ1) is 21.7. The number of unbranched alkanes of at least 4 members (excludes halogenated alkanes) is 2. The molecule has 0 saturated carbocycles. The van der Waals surface area contributed by atoms with Gasteiger partial charge in [-0.15, -0.1) is 0 Å². The van der Waals surface area contributed by atoms with Crippen molar-refractivity contribution in [3.63, 3.8) is 0 Å². The van der Waals surface area contributed by atoms with E-state index in [4.69, 9.17) is 4.74 Å². The maximum Gasteiger partial charge on any atom is 0.242 e. The molecular weight excluding hydrogens is 360 g/mol. The number of rotatable bonds is 9. The van der Waals surface area contributed by atoms with Crippen LogP contribution in [0.3, 0.4) is 0 Å². The molecule has 1 aromatic carbocycles. The number of hydrogen-bond donors (Lipinski definition) is 0. The van der Waals surface area contributed by atoms with Gasteiger partial charge in [-0.1, -0.05) is 40.5 Å². The van der Waals surface area contributed by atoms with Gasteiger partial charge >= 0.3 is 0 Å². The summed E-state index contributed by atoms with van der Waals surface area (Å²) < 4.78 is 7.79. The van der Waals surface area contributed by atoms with Crippen LogP contribution >= 0.6 is 0 Å². The largest absolute Gasteiger partial charge is 0.497 e. The molecule has 4 nitrogen and oxygen atoms in total. The van der Waals surface area contributed by atoms with E-state index in [0.29, 0.717) is 6.54 Å². The van der Waals surface area contributed by atoms with Gasteiger partial charge in [0.2, 0.25) is 5.91 Å². The minimum Gasteiger partial charge on any atom is -0.497 e. The zero-order valence-corrected chi connectivity index (χ0v) is 19.0. The molecule has 29 heavy (non-hydrogen) atoms. The van der Waals surface area contributed by atoms with Gasteiger partial charge in [0.1, 0.15) is 12.3 Å². The van der Waals surface area contributed by atoms with Crippen LogP contribution in [0.2, 0.25) is 0 Å². The fraction of sp³-hybridized carbons (Fsp3) is 0.640. The molecule has 0 unspecified atom stereocenters. The lowest BCUT2D eigenvalue weighted by Gasteiger charge is -2.31. The molecule has 0 aliphatic heterocycles. The maximum atomic E-state index is 13.3. The molecule has 0 atom stereocenters. The van der Waals surface area contributed by atoms with Gasteiger partial charge in [-0.2, -0.15) is 0 Å². The lowest BCUT2D eigenvalue weighted by Crippen LogP contribution is -2.36. The number of aryl methyl sites for hydroxylation is 1. The SMILES string of the molecule is CCCCN(CCCC)C(=O)Cn1c2c(c3ccc(OC)cc31)CCC(C)(C)C2. The Morgan fingerprint density at radius 1 is 1.17 bits per heavy atom. The molecule has 0 spiro atoms. The number of aromatic nitrogens is 1. The van der Waals surface area contributed by atoms with Crippen LogP contribution in [0.4, 0.5) is 0 Å². The summed E-state index contributed by atoms with van der Waals surface area (Å²) in [5, 5.41) is 1.29. The van der Waals surface area contributed by atoms with Crippen LogP contribution in [-0.4, -0.2) is 35.6 Å². The van der Waals surface area contributed by atoms with Gasteiger partial charge in [0.15, 0.2) is 0 Å². The van der Waals surface area contributed by atoms with Crippen LogP contribution in [0, 0.1) is 5.41 Å². The molecule has 1 heterocycles. The number of hydrogen-bond acceptors (Lipinski definition) is 2. The number of carbonyl (C=O) groups is 1. The molecule has 1 amide bonds. The highest BCUT2D eigenvalue weighted by molar-refractivity contribution is 5.89. The van der Waals surface area contributed by atoms with Gasteiger partial charge in [0, 0.05) is 30.2 Å². The van der Waals surface area contributed by atoms with Crippen LogP contribution < -0.4 is 4.74 Å². The average molecular weight is 399 g/mol. The third-order valence-electron chi connectivity index (χ3n) is 6.40. The Kier molecular flexibility index (Phi) is 6.92. The quantitative estimate of drug-likeness (QED) is 0.551. The second kappa shape index (κ2) is 9.23. The van der Waals surface area contributed by atoms with Crippen molar-refractivity contribution < 1.29 is 9.53 Å². The van der Waals surface area contributed by atoms with Gasteiger partial charge in [-0.3, -0.25) is 4.79 Å². The lowest BCUT2D eigenvalue weighted by molar-refractivity contribution is -0.132. The van der Waals surface area contributed by atoms with Crippen molar-refractivity contribution in [2.75, 3.05) is 20.2 Å². The minimum absolute atomic E-state index is 0.248. The first-order valence-corrected chi connectivity index (χ1v) is 11.4. The van der Waals surface area contributed by atoms with Gasteiger partial charge < -0.3 is 14.2 Å². The minimum atomic E-state index is 0.248. The summed E-state index contributed by atoms with van der Waals surface area (Å²) in [6.45, 7) is 11.2. The zero-order chi connectivity index (χ0) is 21.0. The maximum absolute atomic E-state index is 13.3. The van der Waals surface area contributed by atoms with Crippen molar-refractivity contribution >= 4 is 16.8 Å².